The molecule has 2 rings (SSSR count). The third kappa shape index (κ3) is 2.19. The van der Waals surface area contributed by atoms with Crippen LogP contribution >= 0.6 is 0 Å². The summed E-state index contributed by atoms with van der Waals surface area (Å²) in [5, 5.41) is 3.51. The van der Waals surface area contributed by atoms with Crippen molar-refractivity contribution in [1.82, 2.24) is 19.8 Å². The van der Waals surface area contributed by atoms with Crippen molar-refractivity contribution >= 4 is 0 Å². The first-order valence-electron chi connectivity index (χ1n) is 6.94. The van der Waals surface area contributed by atoms with Gasteiger partial charge in [0.05, 0.1) is 6.04 Å². The summed E-state index contributed by atoms with van der Waals surface area (Å²) in [6.45, 7) is 0. The molecule has 18 heavy (non-hydrogen) atoms. The normalized spacial score (nSPS) is 21.2. The first-order chi connectivity index (χ1) is 8.62. The van der Waals surface area contributed by atoms with Gasteiger partial charge >= 0.3 is 0 Å². The average Bonchev–Trinajstić information content (AvgIpc) is 2.78. The maximum Gasteiger partial charge on any atom is 0.127 e. The van der Waals surface area contributed by atoms with E-state index in [1.807, 2.05) is 12.4 Å². The SMILES string of the molecule is CNC(c1nccn1C)C1(N(C)C)CCCCC1. The number of nitrogens with zero attached hydrogens (tertiary/aromatic N) is 3. The van der Waals surface area contributed by atoms with Crippen molar-refractivity contribution < 1.29 is 0 Å². The van der Waals surface area contributed by atoms with E-state index in [1.54, 1.807) is 0 Å². The number of hydrogen-bond donors (Lipinski definition) is 1. The molecule has 1 saturated carbocycles. The topological polar surface area (TPSA) is 33.1 Å². The Morgan fingerprint density at radius 1 is 1.33 bits per heavy atom. The van der Waals surface area contributed by atoms with Gasteiger partial charge in [-0.05, 0) is 34.0 Å². The number of hydrogen-bond acceptors (Lipinski definition) is 3. The van der Waals surface area contributed by atoms with E-state index >= 15 is 0 Å². The van der Waals surface area contributed by atoms with E-state index in [0.717, 1.165) is 5.82 Å². The van der Waals surface area contributed by atoms with E-state index < -0.39 is 0 Å². The third-order valence-corrected chi connectivity index (χ3v) is 4.55. The fraction of sp³-hybridized carbons (Fsp3) is 0.786. The van der Waals surface area contributed by atoms with Crippen LogP contribution in [-0.4, -0.2) is 41.1 Å². The van der Waals surface area contributed by atoms with Gasteiger partial charge in [-0.2, -0.15) is 0 Å². The lowest BCUT2D eigenvalue weighted by atomic mass is 9.75. The fourth-order valence-electron chi connectivity index (χ4n) is 3.45. The first kappa shape index (κ1) is 13.6. The van der Waals surface area contributed by atoms with E-state index in [9.17, 15) is 0 Å². The molecule has 0 aliphatic heterocycles. The largest absolute Gasteiger partial charge is 0.337 e. The Balaban J connectivity index is 2.36. The van der Waals surface area contributed by atoms with Gasteiger partial charge in [-0.3, -0.25) is 0 Å². The summed E-state index contributed by atoms with van der Waals surface area (Å²) in [6, 6.07) is 0.299. The van der Waals surface area contributed by atoms with Crippen molar-refractivity contribution in [3.05, 3.63) is 18.2 Å². The molecule has 0 bridgehead atoms. The maximum absolute atomic E-state index is 4.56. The van der Waals surface area contributed by atoms with Gasteiger partial charge in [-0.1, -0.05) is 19.3 Å². The highest BCUT2D eigenvalue weighted by Gasteiger charge is 2.43. The second kappa shape index (κ2) is 5.41. The van der Waals surface area contributed by atoms with Gasteiger partial charge in [0.1, 0.15) is 5.82 Å². The molecule has 4 nitrogen and oxygen atoms in total. The zero-order chi connectivity index (χ0) is 13.2. The quantitative estimate of drug-likeness (QED) is 0.886. The van der Waals surface area contributed by atoms with Crippen LogP contribution in [0.5, 0.6) is 0 Å². The van der Waals surface area contributed by atoms with Crippen LogP contribution in [0, 0.1) is 0 Å². The zero-order valence-electron chi connectivity index (χ0n) is 12.1. The standard InChI is InChI=1S/C14H26N4/c1-15-12(13-16-10-11-18(13)4)14(17(2)3)8-6-5-7-9-14/h10-12,15H,5-9H2,1-4H3. The Labute approximate surface area is 110 Å². The third-order valence-electron chi connectivity index (χ3n) is 4.55. The predicted molar refractivity (Wildman–Crippen MR) is 74.5 cm³/mol. The van der Waals surface area contributed by atoms with E-state index in [4.69, 9.17) is 0 Å². The summed E-state index contributed by atoms with van der Waals surface area (Å²) in [5.74, 6) is 1.15. The summed E-state index contributed by atoms with van der Waals surface area (Å²) in [4.78, 5) is 6.97. The summed E-state index contributed by atoms with van der Waals surface area (Å²) >= 11 is 0. The number of likely N-dealkylation sites (N-methyl/N-ethyl adjacent to an activating group) is 2. The van der Waals surface area contributed by atoms with E-state index in [-0.39, 0.29) is 5.54 Å². The minimum atomic E-state index is 0.201. The van der Waals surface area contributed by atoms with Gasteiger partial charge in [0, 0.05) is 25.0 Å². The zero-order valence-corrected chi connectivity index (χ0v) is 12.1. The lowest BCUT2D eigenvalue weighted by molar-refractivity contribution is 0.0551. The molecule has 0 radical (unpaired) electrons. The van der Waals surface area contributed by atoms with Crippen LogP contribution in [-0.2, 0) is 7.05 Å². The Morgan fingerprint density at radius 2 is 2.00 bits per heavy atom. The van der Waals surface area contributed by atoms with Crippen molar-refractivity contribution in [2.24, 2.45) is 7.05 Å². The number of aromatic nitrogens is 2. The van der Waals surface area contributed by atoms with Crippen molar-refractivity contribution in [1.29, 1.82) is 0 Å². The Morgan fingerprint density at radius 3 is 2.44 bits per heavy atom. The maximum atomic E-state index is 4.56. The molecule has 1 aliphatic carbocycles. The molecule has 1 fully saturated rings. The van der Waals surface area contributed by atoms with Crippen LogP contribution in [0.1, 0.15) is 44.0 Å². The molecule has 1 N–H and O–H groups in total. The molecule has 1 aromatic heterocycles. The van der Waals surface area contributed by atoms with E-state index in [2.05, 4.69) is 48.0 Å². The van der Waals surface area contributed by atoms with Gasteiger partial charge in [0.25, 0.3) is 0 Å². The van der Waals surface area contributed by atoms with Crippen LogP contribution < -0.4 is 5.32 Å². The van der Waals surface area contributed by atoms with Crippen LogP contribution in [0.3, 0.4) is 0 Å². The molecule has 0 amide bonds. The molecule has 1 atom stereocenters. The minimum absolute atomic E-state index is 0.201. The molecule has 1 unspecified atom stereocenters. The molecular formula is C14H26N4. The number of aryl methyl sites for hydroxylation is 1. The smallest absolute Gasteiger partial charge is 0.127 e. The van der Waals surface area contributed by atoms with Crippen LogP contribution in [0.2, 0.25) is 0 Å². The van der Waals surface area contributed by atoms with Gasteiger partial charge in [-0.25, -0.2) is 4.98 Å². The Kier molecular flexibility index (Phi) is 4.07. The second-order valence-corrected chi connectivity index (χ2v) is 5.68. The van der Waals surface area contributed by atoms with Crippen molar-refractivity contribution in [3.8, 4) is 0 Å². The number of rotatable bonds is 4. The van der Waals surface area contributed by atoms with Crippen molar-refractivity contribution in [2.45, 2.75) is 43.7 Å². The lowest BCUT2D eigenvalue weighted by Crippen LogP contribution is -2.54. The van der Waals surface area contributed by atoms with Crippen LogP contribution in [0.25, 0.3) is 0 Å². The Bertz CT molecular complexity index is 377. The van der Waals surface area contributed by atoms with Crippen molar-refractivity contribution in [3.63, 3.8) is 0 Å². The van der Waals surface area contributed by atoms with Gasteiger partial charge < -0.3 is 14.8 Å². The minimum Gasteiger partial charge on any atom is -0.337 e. The number of nitrogens with one attached hydrogen (secondary N) is 1. The molecule has 0 saturated heterocycles. The van der Waals surface area contributed by atoms with Crippen LogP contribution in [0.4, 0.5) is 0 Å². The molecule has 1 heterocycles. The molecule has 1 aromatic rings. The molecule has 0 aromatic carbocycles. The highest BCUT2D eigenvalue weighted by molar-refractivity contribution is 5.11. The summed E-state index contributed by atoms with van der Waals surface area (Å²) in [7, 11) is 8.55. The van der Waals surface area contributed by atoms with Gasteiger partial charge in [0.15, 0.2) is 0 Å². The lowest BCUT2D eigenvalue weighted by Gasteiger charge is -2.48. The van der Waals surface area contributed by atoms with Gasteiger partial charge in [0.2, 0.25) is 0 Å². The van der Waals surface area contributed by atoms with Crippen molar-refractivity contribution in [2.75, 3.05) is 21.1 Å². The van der Waals surface area contributed by atoms with E-state index in [1.165, 1.54) is 32.1 Å². The summed E-state index contributed by atoms with van der Waals surface area (Å²) < 4.78 is 2.14. The monoisotopic (exact) mass is 250 g/mol. The molecule has 4 heteroatoms. The predicted octanol–water partition coefficient (Wildman–Crippen LogP) is 1.95. The fourth-order valence-corrected chi connectivity index (χ4v) is 3.45. The molecule has 102 valence electrons. The highest BCUT2D eigenvalue weighted by Crippen LogP contribution is 2.41. The average molecular weight is 250 g/mol. The highest BCUT2D eigenvalue weighted by atomic mass is 15.2. The molecule has 0 spiro atoms. The summed E-state index contributed by atoms with van der Waals surface area (Å²) in [6.07, 6.45) is 10.4. The van der Waals surface area contributed by atoms with Crippen LogP contribution in [0.15, 0.2) is 12.4 Å². The van der Waals surface area contributed by atoms with E-state index in [0.29, 0.717) is 6.04 Å². The van der Waals surface area contributed by atoms with Gasteiger partial charge in [-0.15, -0.1) is 0 Å². The Hall–Kier alpha value is -0.870. The number of imidazole rings is 1. The first-order valence-corrected chi connectivity index (χ1v) is 6.94. The molecular weight excluding hydrogens is 224 g/mol. The second-order valence-electron chi connectivity index (χ2n) is 5.68. The summed E-state index contributed by atoms with van der Waals surface area (Å²) in [5.41, 5.74) is 0.201. The molecule has 1 aliphatic rings.